The number of rotatable bonds is 5. The number of hydrogen-bond donors (Lipinski definition) is 0. The smallest absolute Gasteiger partial charge is 0.124 e. The van der Waals surface area contributed by atoms with Crippen LogP contribution >= 0.6 is 15.9 Å². The average molecular weight is 274 g/mol. The van der Waals surface area contributed by atoms with Gasteiger partial charge < -0.3 is 4.90 Å². The van der Waals surface area contributed by atoms with Crippen molar-refractivity contribution in [2.45, 2.75) is 20.3 Å². The van der Waals surface area contributed by atoms with Gasteiger partial charge in [-0.05, 0) is 43.3 Å². The Morgan fingerprint density at radius 2 is 1.87 bits per heavy atom. The molecule has 1 aromatic carbocycles. The maximum atomic E-state index is 13.1. The largest absolute Gasteiger partial charge is 0.304 e. The van der Waals surface area contributed by atoms with Crippen LogP contribution in [-0.4, -0.2) is 24.5 Å². The van der Waals surface area contributed by atoms with Crippen LogP contribution in [0.2, 0.25) is 0 Å². The van der Waals surface area contributed by atoms with Gasteiger partial charge in [0.15, 0.2) is 0 Å². The molecule has 0 saturated carbocycles. The van der Waals surface area contributed by atoms with Crippen molar-refractivity contribution < 1.29 is 4.39 Å². The van der Waals surface area contributed by atoms with Crippen LogP contribution in [0.5, 0.6) is 0 Å². The minimum Gasteiger partial charge on any atom is -0.304 e. The Morgan fingerprint density at radius 1 is 1.20 bits per heavy atom. The zero-order valence-electron chi connectivity index (χ0n) is 9.26. The Morgan fingerprint density at radius 3 is 2.40 bits per heavy atom. The van der Waals surface area contributed by atoms with E-state index in [1.54, 1.807) is 6.07 Å². The van der Waals surface area contributed by atoms with Gasteiger partial charge in [-0.3, -0.25) is 0 Å². The summed E-state index contributed by atoms with van der Waals surface area (Å²) >= 11 is 3.30. The first-order chi connectivity index (χ1) is 7.15. The van der Waals surface area contributed by atoms with Crippen LogP contribution in [0.1, 0.15) is 19.4 Å². The van der Waals surface area contributed by atoms with Gasteiger partial charge >= 0.3 is 0 Å². The molecule has 0 N–H and O–H groups in total. The minimum atomic E-state index is -0.168. The van der Waals surface area contributed by atoms with Gasteiger partial charge in [-0.15, -0.1) is 0 Å². The molecule has 1 aromatic rings. The fourth-order valence-corrected chi connectivity index (χ4v) is 2.10. The summed E-state index contributed by atoms with van der Waals surface area (Å²) in [5.74, 6) is -0.168. The van der Waals surface area contributed by atoms with Crippen molar-refractivity contribution in [1.29, 1.82) is 0 Å². The first-order valence-electron chi connectivity index (χ1n) is 5.33. The molecule has 0 atom stereocenters. The standard InChI is InChI=1S/C12H17BrFN/c1-3-15(4-2)6-5-10-7-11(13)9-12(14)8-10/h7-9H,3-6H2,1-2H3. The minimum absolute atomic E-state index is 0.168. The molecule has 84 valence electrons. The van der Waals surface area contributed by atoms with E-state index in [0.29, 0.717) is 0 Å². The van der Waals surface area contributed by atoms with E-state index in [-0.39, 0.29) is 5.82 Å². The molecular formula is C12H17BrFN. The second kappa shape index (κ2) is 6.23. The number of nitrogens with zero attached hydrogens (tertiary/aromatic N) is 1. The SMILES string of the molecule is CCN(CC)CCc1cc(F)cc(Br)c1. The molecule has 0 aromatic heterocycles. The normalized spacial score (nSPS) is 11.0. The van der Waals surface area contributed by atoms with Crippen LogP contribution < -0.4 is 0 Å². The molecule has 0 saturated heterocycles. The highest BCUT2D eigenvalue weighted by Crippen LogP contribution is 2.15. The van der Waals surface area contributed by atoms with Gasteiger partial charge in [0, 0.05) is 11.0 Å². The fraction of sp³-hybridized carbons (Fsp3) is 0.500. The highest BCUT2D eigenvalue weighted by molar-refractivity contribution is 9.10. The van der Waals surface area contributed by atoms with Crippen molar-refractivity contribution in [3.63, 3.8) is 0 Å². The quantitative estimate of drug-likeness (QED) is 0.794. The van der Waals surface area contributed by atoms with Gasteiger partial charge in [-0.2, -0.15) is 0 Å². The monoisotopic (exact) mass is 273 g/mol. The molecule has 0 amide bonds. The highest BCUT2D eigenvalue weighted by Gasteiger charge is 2.02. The Balaban J connectivity index is 2.57. The Bertz CT molecular complexity index is 290. The zero-order chi connectivity index (χ0) is 11.3. The molecule has 0 aliphatic carbocycles. The van der Waals surface area contributed by atoms with Crippen LogP contribution in [0, 0.1) is 5.82 Å². The van der Waals surface area contributed by atoms with Crippen LogP contribution in [0.15, 0.2) is 22.7 Å². The number of benzene rings is 1. The molecule has 0 unspecified atom stereocenters. The lowest BCUT2D eigenvalue weighted by atomic mass is 10.1. The lowest BCUT2D eigenvalue weighted by molar-refractivity contribution is 0.308. The van der Waals surface area contributed by atoms with Gasteiger partial charge in [0.2, 0.25) is 0 Å². The lowest BCUT2D eigenvalue weighted by Gasteiger charge is -2.17. The topological polar surface area (TPSA) is 3.24 Å². The van der Waals surface area contributed by atoms with E-state index in [2.05, 4.69) is 34.7 Å². The summed E-state index contributed by atoms with van der Waals surface area (Å²) in [6, 6.07) is 5.07. The van der Waals surface area contributed by atoms with Gasteiger partial charge in [0.1, 0.15) is 5.82 Å². The fourth-order valence-electron chi connectivity index (χ4n) is 1.58. The molecule has 0 spiro atoms. The van der Waals surface area contributed by atoms with Crippen molar-refractivity contribution in [1.82, 2.24) is 4.90 Å². The highest BCUT2D eigenvalue weighted by atomic mass is 79.9. The van der Waals surface area contributed by atoms with E-state index in [4.69, 9.17) is 0 Å². The van der Waals surface area contributed by atoms with Crippen LogP contribution in [-0.2, 0) is 6.42 Å². The summed E-state index contributed by atoms with van der Waals surface area (Å²) in [4.78, 5) is 2.33. The predicted molar refractivity (Wildman–Crippen MR) is 65.6 cm³/mol. The number of halogens is 2. The van der Waals surface area contributed by atoms with Gasteiger partial charge in [-0.1, -0.05) is 29.8 Å². The van der Waals surface area contributed by atoms with Gasteiger partial charge in [0.05, 0.1) is 0 Å². The number of hydrogen-bond acceptors (Lipinski definition) is 1. The molecule has 15 heavy (non-hydrogen) atoms. The third-order valence-electron chi connectivity index (χ3n) is 2.53. The first-order valence-corrected chi connectivity index (χ1v) is 6.12. The van der Waals surface area contributed by atoms with E-state index < -0.39 is 0 Å². The first kappa shape index (κ1) is 12.7. The van der Waals surface area contributed by atoms with Gasteiger partial charge in [0.25, 0.3) is 0 Å². The van der Waals surface area contributed by atoms with Crippen molar-refractivity contribution in [3.05, 3.63) is 34.1 Å². The Hall–Kier alpha value is -0.410. The average Bonchev–Trinajstić information content (AvgIpc) is 2.18. The molecule has 3 heteroatoms. The van der Waals surface area contributed by atoms with E-state index in [9.17, 15) is 4.39 Å². The summed E-state index contributed by atoms with van der Waals surface area (Å²) in [6.45, 7) is 7.37. The van der Waals surface area contributed by atoms with Gasteiger partial charge in [-0.25, -0.2) is 4.39 Å². The second-order valence-electron chi connectivity index (χ2n) is 3.55. The van der Waals surface area contributed by atoms with E-state index in [0.717, 1.165) is 36.1 Å². The second-order valence-corrected chi connectivity index (χ2v) is 4.47. The van der Waals surface area contributed by atoms with Crippen molar-refractivity contribution in [2.24, 2.45) is 0 Å². The van der Waals surface area contributed by atoms with E-state index >= 15 is 0 Å². The molecule has 0 fully saturated rings. The number of likely N-dealkylation sites (N-methyl/N-ethyl adjacent to an activating group) is 1. The predicted octanol–water partition coefficient (Wildman–Crippen LogP) is 3.47. The van der Waals surface area contributed by atoms with E-state index in [1.807, 2.05) is 6.07 Å². The Labute approximate surface area is 99.4 Å². The van der Waals surface area contributed by atoms with Crippen LogP contribution in [0.3, 0.4) is 0 Å². The van der Waals surface area contributed by atoms with Crippen LogP contribution in [0.25, 0.3) is 0 Å². The summed E-state index contributed by atoms with van der Waals surface area (Å²) in [6.07, 6.45) is 0.901. The Kier molecular flexibility index (Phi) is 5.26. The van der Waals surface area contributed by atoms with Crippen molar-refractivity contribution in [3.8, 4) is 0 Å². The third kappa shape index (κ3) is 4.31. The third-order valence-corrected chi connectivity index (χ3v) is 2.99. The lowest BCUT2D eigenvalue weighted by Crippen LogP contribution is -2.25. The summed E-state index contributed by atoms with van der Waals surface area (Å²) in [7, 11) is 0. The maximum absolute atomic E-state index is 13.1. The van der Waals surface area contributed by atoms with E-state index in [1.165, 1.54) is 6.07 Å². The van der Waals surface area contributed by atoms with Crippen LogP contribution in [0.4, 0.5) is 4.39 Å². The molecule has 0 heterocycles. The molecule has 0 aliphatic rings. The molecule has 1 rings (SSSR count). The molecule has 0 radical (unpaired) electrons. The molecule has 0 aliphatic heterocycles. The maximum Gasteiger partial charge on any atom is 0.124 e. The molecule has 0 bridgehead atoms. The molecular weight excluding hydrogens is 257 g/mol. The zero-order valence-corrected chi connectivity index (χ0v) is 10.8. The summed E-state index contributed by atoms with van der Waals surface area (Å²) < 4.78 is 13.9. The summed E-state index contributed by atoms with van der Waals surface area (Å²) in [5.41, 5.74) is 1.05. The van der Waals surface area contributed by atoms with Crippen molar-refractivity contribution >= 4 is 15.9 Å². The molecule has 1 nitrogen and oxygen atoms in total. The van der Waals surface area contributed by atoms with Crippen molar-refractivity contribution in [2.75, 3.05) is 19.6 Å². The summed E-state index contributed by atoms with van der Waals surface area (Å²) in [5, 5.41) is 0.